The molecule has 0 radical (unpaired) electrons. The SMILES string of the molecule is [2H]c1c([2H])c([2H])c2c(-c3cccc4cccc(-c5ccc6oc7ccc8ccccc8c7c6c5)c34)c3c([2H])c([2H])c([2H])c([2H])c3c(-c3ccc4ccccc4c3)c2c1[2H]. The van der Waals surface area contributed by atoms with Crippen molar-refractivity contribution in [1.29, 1.82) is 0 Å². The Hall–Kier alpha value is -6.70. The van der Waals surface area contributed by atoms with Crippen LogP contribution in [0, 0.1) is 0 Å². The van der Waals surface area contributed by atoms with Gasteiger partial charge in [-0.15, -0.1) is 0 Å². The molecule has 1 aromatic heterocycles. The van der Waals surface area contributed by atoms with Crippen LogP contribution in [0.15, 0.2) is 186 Å². The van der Waals surface area contributed by atoms with Crippen LogP contribution in [0.2, 0.25) is 0 Å². The van der Waals surface area contributed by atoms with E-state index in [2.05, 4.69) is 24.3 Å². The minimum Gasteiger partial charge on any atom is -0.456 e. The summed E-state index contributed by atoms with van der Waals surface area (Å²) in [6.07, 6.45) is 0. The highest BCUT2D eigenvalue weighted by atomic mass is 16.3. The standard InChI is InChI=1S/C50H30O/c1-2-13-34-29-36(24-23-31(34)11-1)48-39-17-5-7-19-41(39)49(42-20-8-6-18-40(42)48)43-22-10-15-33-14-9-21-38(47(33)43)35-26-27-45-44(30-35)50-37-16-4-3-12-32(37)25-28-46(50)51-45/h1-30H/i5D,6D,7D,8D,17D,18D,19D,20D. The van der Waals surface area contributed by atoms with Gasteiger partial charge in [-0.1, -0.05) is 158 Å². The molecule has 0 spiro atoms. The molecule has 11 aromatic rings. The van der Waals surface area contributed by atoms with Gasteiger partial charge >= 0.3 is 0 Å². The maximum Gasteiger partial charge on any atom is 0.136 e. The molecule has 0 saturated carbocycles. The molecule has 236 valence electrons. The van der Waals surface area contributed by atoms with E-state index in [4.69, 9.17) is 9.90 Å². The van der Waals surface area contributed by atoms with Crippen molar-refractivity contribution in [3.05, 3.63) is 182 Å². The lowest BCUT2D eigenvalue weighted by Crippen LogP contribution is -1.93. The molecule has 10 aromatic carbocycles. The first-order valence-corrected chi connectivity index (χ1v) is 16.9. The van der Waals surface area contributed by atoms with E-state index in [1.807, 2.05) is 109 Å². The minimum atomic E-state index is -0.432. The summed E-state index contributed by atoms with van der Waals surface area (Å²) in [6, 6.07) is 40.7. The Kier molecular flexibility index (Phi) is 4.57. The number of hydrogen-bond acceptors (Lipinski definition) is 1. The van der Waals surface area contributed by atoms with Crippen LogP contribution in [0.5, 0.6) is 0 Å². The summed E-state index contributed by atoms with van der Waals surface area (Å²) >= 11 is 0. The summed E-state index contributed by atoms with van der Waals surface area (Å²) in [4.78, 5) is 0. The zero-order chi connectivity index (χ0) is 40.4. The van der Waals surface area contributed by atoms with Crippen molar-refractivity contribution in [3.63, 3.8) is 0 Å². The fourth-order valence-electron chi connectivity index (χ4n) is 8.03. The molecule has 0 amide bonds. The smallest absolute Gasteiger partial charge is 0.136 e. The van der Waals surface area contributed by atoms with Gasteiger partial charge in [0.15, 0.2) is 0 Å². The molecule has 1 heteroatoms. The number of rotatable bonds is 3. The van der Waals surface area contributed by atoms with Crippen molar-refractivity contribution in [3.8, 4) is 33.4 Å². The van der Waals surface area contributed by atoms with Crippen LogP contribution in [-0.2, 0) is 0 Å². The normalized spacial score (nSPS) is 14.1. The van der Waals surface area contributed by atoms with Gasteiger partial charge in [-0.05, 0) is 112 Å². The molecule has 0 bridgehead atoms. The topological polar surface area (TPSA) is 13.1 Å². The third-order valence-corrected chi connectivity index (χ3v) is 10.3. The third kappa shape index (κ3) is 4.22. The quantitative estimate of drug-likeness (QED) is 0.173. The molecule has 1 heterocycles. The Morgan fingerprint density at radius 1 is 0.353 bits per heavy atom. The number of hydrogen-bond donors (Lipinski definition) is 0. The van der Waals surface area contributed by atoms with Crippen LogP contribution in [0.4, 0.5) is 0 Å². The van der Waals surface area contributed by atoms with E-state index < -0.39 is 24.2 Å². The van der Waals surface area contributed by atoms with E-state index in [1.54, 1.807) is 0 Å². The fourth-order valence-corrected chi connectivity index (χ4v) is 8.03. The third-order valence-electron chi connectivity index (χ3n) is 10.3. The van der Waals surface area contributed by atoms with Gasteiger partial charge in [0.1, 0.15) is 11.2 Å². The van der Waals surface area contributed by atoms with E-state index >= 15 is 0 Å². The lowest BCUT2D eigenvalue weighted by Gasteiger charge is -2.20. The van der Waals surface area contributed by atoms with Crippen molar-refractivity contribution < 1.29 is 15.4 Å². The Balaban J connectivity index is 1.32. The molecule has 0 aliphatic heterocycles. The maximum atomic E-state index is 9.55. The Morgan fingerprint density at radius 3 is 1.71 bits per heavy atom. The molecular formula is C50H30O. The molecule has 51 heavy (non-hydrogen) atoms. The number of fused-ring (bicyclic) bond motifs is 9. The Labute approximate surface area is 305 Å². The van der Waals surface area contributed by atoms with Crippen LogP contribution in [0.25, 0.3) is 109 Å². The van der Waals surface area contributed by atoms with Crippen LogP contribution in [0.1, 0.15) is 11.0 Å². The summed E-state index contributed by atoms with van der Waals surface area (Å²) in [7, 11) is 0. The first-order chi connectivity index (χ1) is 28.6. The first kappa shape index (κ1) is 21.4. The van der Waals surface area contributed by atoms with Crippen LogP contribution in [0.3, 0.4) is 0 Å². The molecular weight excluding hydrogens is 617 g/mol. The van der Waals surface area contributed by atoms with Gasteiger partial charge < -0.3 is 4.42 Å². The van der Waals surface area contributed by atoms with E-state index in [0.29, 0.717) is 22.3 Å². The van der Waals surface area contributed by atoms with Gasteiger partial charge in [0.05, 0.1) is 11.0 Å². The zero-order valence-corrected chi connectivity index (χ0v) is 27.1. The second-order valence-electron chi connectivity index (χ2n) is 13.0. The van der Waals surface area contributed by atoms with Gasteiger partial charge in [-0.3, -0.25) is 0 Å². The average molecular weight is 655 g/mol. The molecule has 0 N–H and O–H groups in total. The lowest BCUT2D eigenvalue weighted by atomic mass is 9.83. The van der Waals surface area contributed by atoms with Crippen molar-refractivity contribution in [1.82, 2.24) is 0 Å². The molecule has 0 aliphatic rings. The molecule has 0 atom stereocenters. The Bertz CT molecular complexity index is 3580. The van der Waals surface area contributed by atoms with Crippen molar-refractivity contribution in [2.45, 2.75) is 0 Å². The van der Waals surface area contributed by atoms with Gasteiger partial charge in [0, 0.05) is 10.8 Å². The van der Waals surface area contributed by atoms with Gasteiger partial charge in [0.25, 0.3) is 0 Å². The first-order valence-electron chi connectivity index (χ1n) is 20.9. The predicted molar refractivity (Wildman–Crippen MR) is 218 cm³/mol. The number of benzene rings is 10. The average Bonchev–Trinajstić information content (AvgIpc) is 3.66. The molecule has 0 aliphatic carbocycles. The van der Waals surface area contributed by atoms with Crippen LogP contribution in [-0.4, -0.2) is 0 Å². The van der Waals surface area contributed by atoms with Gasteiger partial charge in [-0.2, -0.15) is 0 Å². The molecule has 0 unspecified atom stereocenters. The second kappa shape index (κ2) is 10.9. The van der Waals surface area contributed by atoms with Crippen molar-refractivity contribution in [2.75, 3.05) is 0 Å². The highest BCUT2D eigenvalue weighted by molar-refractivity contribution is 6.25. The van der Waals surface area contributed by atoms with Gasteiger partial charge in [-0.25, -0.2) is 0 Å². The zero-order valence-electron chi connectivity index (χ0n) is 35.1. The summed E-state index contributed by atoms with van der Waals surface area (Å²) in [5, 5.41) is 8.33. The Morgan fingerprint density at radius 2 is 0.941 bits per heavy atom. The summed E-state index contributed by atoms with van der Waals surface area (Å²) < 4.78 is 80.1. The fraction of sp³-hybridized carbons (Fsp3) is 0. The number of furan rings is 1. The van der Waals surface area contributed by atoms with E-state index in [9.17, 15) is 5.48 Å². The maximum absolute atomic E-state index is 9.55. The van der Waals surface area contributed by atoms with E-state index in [0.717, 1.165) is 65.4 Å². The minimum absolute atomic E-state index is 0.182. The van der Waals surface area contributed by atoms with Crippen LogP contribution >= 0.6 is 0 Å². The second-order valence-corrected chi connectivity index (χ2v) is 13.0. The summed E-state index contributed by atoms with van der Waals surface area (Å²) in [5.41, 5.74) is 5.05. The monoisotopic (exact) mass is 654 g/mol. The molecule has 1 nitrogen and oxygen atoms in total. The van der Waals surface area contributed by atoms with Crippen molar-refractivity contribution in [2.24, 2.45) is 0 Å². The predicted octanol–water partition coefficient (Wildman–Crippen LogP) is 14.4. The van der Waals surface area contributed by atoms with Crippen LogP contribution < -0.4 is 0 Å². The molecule has 11 rings (SSSR count). The highest BCUT2D eigenvalue weighted by Gasteiger charge is 2.20. The highest BCUT2D eigenvalue weighted by Crippen LogP contribution is 2.47. The van der Waals surface area contributed by atoms with Crippen molar-refractivity contribution >= 4 is 75.8 Å². The van der Waals surface area contributed by atoms with E-state index in [-0.39, 0.29) is 45.7 Å². The molecule has 0 saturated heterocycles. The summed E-state index contributed by atoms with van der Waals surface area (Å²) in [5.74, 6) is 0. The largest absolute Gasteiger partial charge is 0.456 e. The summed E-state index contributed by atoms with van der Waals surface area (Å²) in [6.45, 7) is 0. The molecule has 0 fully saturated rings. The van der Waals surface area contributed by atoms with E-state index in [1.165, 1.54) is 0 Å². The van der Waals surface area contributed by atoms with Gasteiger partial charge in [0.2, 0.25) is 0 Å². The lowest BCUT2D eigenvalue weighted by molar-refractivity contribution is 0.669.